The molecular formula is C17H23N3O2. The molecule has 1 saturated heterocycles. The van der Waals surface area contributed by atoms with E-state index in [1.807, 2.05) is 30.5 Å². The summed E-state index contributed by atoms with van der Waals surface area (Å²) in [6.45, 7) is 6.85. The number of imidazole rings is 1. The number of morpholine rings is 1. The standard InChI is InChI=1S/C17H23N3O2/c1-12(2)20-8-9-22-11-16(20)17-18-10-15(19-17)13-4-6-14(21-3)7-5-13/h4-7,10,12,16H,8-9,11H2,1-3H3,(H,18,19)/t16-/m0/s1. The predicted octanol–water partition coefficient (Wildman–Crippen LogP) is 2.87. The molecule has 5 nitrogen and oxygen atoms in total. The molecule has 1 atom stereocenters. The second-order valence-corrected chi connectivity index (χ2v) is 5.83. The molecule has 0 radical (unpaired) electrons. The molecule has 0 bridgehead atoms. The maximum Gasteiger partial charge on any atom is 0.126 e. The van der Waals surface area contributed by atoms with Gasteiger partial charge >= 0.3 is 0 Å². The van der Waals surface area contributed by atoms with Crippen molar-refractivity contribution < 1.29 is 9.47 Å². The zero-order valence-corrected chi connectivity index (χ0v) is 13.4. The van der Waals surface area contributed by atoms with Crippen molar-refractivity contribution in [1.82, 2.24) is 14.9 Å². The van der Waals surface area contributed by atoms with Crippen LogP contribution in [0.25, 0.3) is 11.3 Å². The first-order chi connectivity index (χ1) is 10.7. The van der Waals surface area contributed by atoms with Crippen molar-refractivity contribution in [3.05, 3.63) is 36.3 Å². The molecule has 2 aromatic rings. The molecule has 5 heteroatoms. The molecule has 1 fully saturated rings. The Labute approximate surface area is 131 Å². The number of nitrogens with one attached hydrogen (secondary N) is 1. The third-order valence-electron chi connectivity index (χ3n) is 4.15. The number of methoxy groups -OCH3 is 1. The summed E-state index contributed by atoms with van der Waals surface area (Å²) >= 11 is 0. The van der Waals surface area contributed by atoms with Gasteiger partial charge in [0.2, 0.25) is 0 Å². The van der Waals surface area contributed by atoms with Gasteiger partial charge in [0.1, 0.15) is 11.6 Å². The molecule has 0 aliphatic carbocycles. The third kappa shape index (κ3) is 3.00. The van der Waals surface area contributed by atoms with E-state index in [-0.39, 0.29) is 6.04 Å². The zero-order valence-electron chi connectivity index (χ0n) is 13.4. The van der Waals surface area contributed by atoms with Crippen LogP contribution < -0.4 is 4.74 Å². The lowest BCUT2D eigenvalue weighted by molar-refractivity contribution is -0.0262. The molecular weight excluding hydrogens is 278 g/mol. The van der Waals surface area contributed by atoms with E-state index in [0.717, 1.165) is 36.0 Å². The quantitative estimate of drug-likeness (QED) is 0.943. The van der Waals surface area contributed by atoms with Crippen LogP contribution in [0.15, 0.2) is 30.5 Å². The van der Waals surface area contributed by atoms with Crippen LogP contribution in [0.3, 0.4) is 0 Å². The van der Waals surface area contributed by atoms with Crippen LogP contribution in [0.1, 0.15) is 25.7 Å². The van der Waals surface area contributed by atoms with Crippen LogP contribution in [-0.4, -0.2) is 47.8 Å². The van der Waals surface area contributed by atoms with Crippen molar-refractivity contribution in [2.75, 3.05) is 26.9 Å². The first-order valence-corrected chi connectivity index (χ1v) is 7.72. The van der Waals surface area contributed by atoms with E-state index in [2.05, 4.69) is 28.7 Å². The number of H-pyrrole nitrogens is 1. The molecule has 2 heterocycles. The maximum absolute atomic E-state index is 5.64. The van der Waals surface area contributed by atoms with Crippen LogP contribution in [0.5, 0.6) is 5.75 Å². The Morgan fingerprint density at radius 2 is 2.09 bits per heavy atom. The van der Waals surface area contributed by atoms with E-state index in [1.54, 1.807) is 7.11 Å². The molecule has 1 aliphatic rings. The van der Waals surface area contributed by atoms with Gasteiger partial charge in [0.25, 0.3) is 0 Å². The number of aromatic nitrogens is 2. The average Bonchev–Trinajstić information content (AvgIpc) is 3.04. The number of nitrogens with zero attached hydrogens (tertiary/aromatic N) is 2. The number of rotatable bonds is 4. The molecule has 1 aromatic heterocycles. The Balaban J connectivity index is 1.82. The molecule has 1 N–H and O–H groups in total. The highest BCUT2D eigenvalue weighted by molar-refractivity contribution is 5.59. The van der Waals surface area contributed by atoms with Gasteiger partial charge in [-0.15, -0.1) is 0 Å². The molecule has 0 amide bonds. The molecule has 1 aliphatic heterocycles. The van der Waals surface area contributed by atoms with Crippen LogP contribution >= 0.6 is 0 Å². The van der Waals surface area contributed by atoms with Crippen molar-refractivity contribution in [3.63, 3.8) is 0 Å². The fourth-order valence-corrected chi connectivity index (χ4v) is 2.89. The lowest BCUT2D eigenvalue weighted by atomic mass is 10.1. The first-order valence-electron chi connectivity index (χ1n) is 7.72. The zero-order chi connectivity index (χ0) is 15.5. The summed E-state index contributed by atoms with van der Waals surface area (Å²) in [6.07, 6.45) is 1.89. The molecule has 0 unspecified atom stereocenters. The highest BCUT2D eigenvalue weighted by Crippen LogP contribution is 2.27. The van der Waals surface area contributed by atoms with E-state index >= 15 is 0 Å². The molecule has 118 valence electrons. The number of benzene rings is 1. The van der Waals surface area contributed by atoms with Crippen molar-refractivity contribution in [1.29, 1.82) is 0 Å². The fraction of sp³-hybridized carbons (Fsp3) is 0.471. The monoisotopic (exact) mass is 301 g/mol. The SMILES string of the molecule is COc1ccc(-c2cnc([C@@H]3COCCN3C(C)C)[nH]2)cc1. The third-order valence-corrected chi connectivity index (χ3v) is 4.15. The minimum atomic E-state index is 0.195. The Hall–Kier alpha value is -1.85. The largest absolute Gasteiger partial charge is 0.497 e. The Morgan fingerprint density at radius 3 is 2.77 bits per heavy atom. The number of hydrogen-bond acceptors (Lipinski definition) is 4. The normalized spacial score (nSPS) is 19.5. The van der Waals surface area contributed by atoms with Crippen molar-refractivity contribution in [2.24, 2.45) is 0 Å². The van der Waals surface area contributed by atoms with E-state index in [0.29, 0.717) is 12.6 Å². The van der Waals surface area contributed by atoms with Crippen molar-refractivity contribution in [3.8, 4) is 17.0 Å². The highest BCUT2D eigenvalue weighted by atomic mass is 16.5. The minimum absolute atomic E-state index is 0.195. The molecule has 1 aromatic carbocycles. The summed E-state index contributed by atoms with van der Waals surface area (Å²) < 4.78 is 10.8. The second kappa shape index (κ2) is 6.50. The van der Waals surface area contributed by atoms with Gasteiger partial charge in [-0.1, -0.05) is 0 Å². The molecule has 0 spiro atoms. The lowest BCUT2D eigenvalue weighted by Gasteiger charge is -2.37. The Morgan fingerprint density at radius 1 is 1.32 bits per heavy atom. The number of aromatic amines is 1. The summed E-state index contributed by atoms with van der Waals surface area (Å²) in [6, 6.07) is 8.66. The van der Waals surface area contributed by atoms with Crippen LogP contribution in [-0.2, 0) is 4.74 Å². The van der Waals surface area contributed by atoms with Gasteiger partial charge in [0.05, 0.1) is 38.3 Å². The fourth-order valence-electron chi connectivity index (χ4n) is 2.89. The van der Waals surface area contributed by atoms with Crippen molar-refractivity contribution >= 4 is 0 Å². The Kier molecular flexibility index (Phi) is 4.45. The molecule has 22 heavy (non-hydrogen) atoms. The summed E-state index contributed by atoms with van der Waals surface area (Å²) in [5.74, 6) is 1.83. The van der Waals surface area contributed by atoms with E-state index in [4.69, 9.17) is 9.47 Å². The van der Waals surface area contributed by atoms with Crippen LogP contribution in [0.2, 0.25) is 0 Å². The first kappa shape index (κ1) is 15.1. The lowest BCUT2D eigenvalue weighted by Crippen LogP contribution is -2.43. The van der Waals surface area contributed by atoms with Crippen LogP contribution in [0.4, 0.5) is 0 Å². The minimum Gasteiger partial charge on any atom is -0.497 e. The summed E-state index contributed by atoms with van der Waals surface area (Å²) in [5, 5.41) is 0. The summed E-state index contributed by atoms with van der Waals surface area (Å²) in [5.41, 5.74) is 2.12. The van der Waals surface area contributed by atoms with E-state index < -0.39 is 0 Å². The highest BCUT2D eigenvalue weighted by Gasteiger charge is 2.28. The maximum atomic E-state index is 5.64. The molecule has 3 rings (SSSR count). The van der Waals surface area contributed by atoms with Gasteiger partial charge < -0.3 is 14.5 Å². The van der Waals surface area contributed by atoms with Crippen molar-refractivity contribution in [2.45, 2.75) is 25.9 Å². The van der Waals surface area contributed by atoms with Gasteiger partial charge in [-0.25, -0.2) is 4.98 Å². The van der Waals surface area contributed by atoms with E-state index in [1.165, 1.54) is 0 Å². The van der Waals surface area contributed by atoms with Gasteiger partial charge in [-0.3, -0.25) is 4.90 Å². The average molecular weight is 301 g/mol. The molecule has 0 saturated carbocycles. The second-order valence-electron chi connectivity index (χ2n) is 5.83. The smallest absolute Gasteiger partial charge is 0.126 e. The Bertz CT molecular complexity index is 607. The van der Waals surface area contributed by atoms with E-state index in [9.17, 15) is 0 Å². The topological polar surface area (TPSA) is 50.4 Å². The number of ether oxygens (including phenoxy) is 2. The predicted molar refractivity (Wildman–Crippen MR) is 86.0 cm³/mol. The van der Waals surface area contributed by atoms with Gasteiger partial charge in [0, 0.05) is 12.6 Å². The number of hydrogen-bond donors (Lipinski definition) is 1. The summed E-state index contributed by atoms with van der Waals surface area (Å²) in [7, 11) is 1.67. The van der Waals surface area contributed by atoms with Gasteiger partial charge in [-0.05, 0) is 43.7 Å². The van der Waals surface area contributed by atoms with Gasteiger partial charge in [0.15, 0.2) is 0 Å². The summed E-state index contributed by atoms with van der Waals surface area (Å²) in [4.78, 5) is 10.5. The van der Waals surface area contributed by atoms with Crippen LogP contribution in [0, 0.1) is 0 Å². The van der Waals surface area contributed by atoms with Gasteiger partial charge in [-0.2, -0.15) is 0 Å².